The summed E-state index contributed by atoms with van der Waals surface area (Å²) in [4.78, 5) is 11.8. The third kappa shape index (κ3) is 6.81. The molecule has 0 aliphatic heterocycles. The van der Waals surface area contributed by atoms with E-state index in [1.807, 2.05) is 0 Å². The number of carbonyl (C=O) groups is 1. The van der Waals surface area contributed by atoms with Crippen LogP contribution in [-0.2, 0) is 32.9 Å². The van der Waals surface area contributed by atoms with Crippen LogP contribution in [0.2, 0.25) is 0 Å². The summed E-state index contributed by atoms with van der Waals surface area (Å²) in [6.45, 7) is 27.7. The number of phenolic OH excluding ortho intramolecular Hbond substituents is 1. The normalized spacial score (nSPS) is 13.8. The van der Waals surface area contributed by atoms with Gasteiger partial charge in [-0.3, -0.25) is 0 Å². The lowest BCUT2D eigenvalue weighted by Crippen LogP contribution is -2.20. The number of rotatable bonds is 4. The van der Waals surface area contributed by atoms with Gasteiger partial charge in [-0.1, -0.05) is 107 Å². The van der Waals surface area contributed by atoms with Gasteiger partial charge in [-0.15, -0.1) is 0 Å². The fourth-order valence-corrected chi connectivity index (χ4v) is 4.40. The summed E-state index contributed by atoms with van der Waals surface area (Å²) in [5, 5.41) is 21.2. The van der Waals surface area contributed by atoms with Crippen molar-refractivity contribution in [2.45, 2.75) is 118 Å². The van der Waals surface area contributed by atoms with Crippen molar-refractivity contribution in [3.63, 3.8) is 0 Å². The van der Waals surface area contributed by atoms with E-state index in [4.69, 9.17) is 0 Å². The van der Waals surface area contributed by atoms with E-state index >= 15 is 0 Å². The molecule has 0 bridgehead atoms. The lowest BCUT2D eigenvalue weighted by Gasteiger charge is -2.30. The van der Waals surface area contributed by atoms with E-state index in [0.717, 1.165) is 27.8 Å². The van der Waals surface area contributed by atoms with E-state index in [0.29, 0.717) is 17.7 Å². The van der Waals surface area contributed by atoms with E-state index in [1.165, 1.54) is 11.1 Å². The molecule has 0 spiro atoms. The van der Waals surface area contributed by atoms with Crippen LogP contribution in [0.1, 0.15) is 129 Å². The maximum Gasteiger partial charge on any atom is 0.331 e. The minimum absolute atomic E-state index is 0.0745. The molecule has 2 N–H and O–H groups in total. The Bertz CT molecular complexity index is 1170. The molecule has 3 nitrogen and oxygen atoms in total. The van der Waals surface area contributed by atoms with Crippen LogP contribution in [0.15, 0.2) is 29.8 Å². The molecule has 0 saturated heterocycles. The molecule has 2 aromatic carbocycles. The highest BCUT2D eigenvalue weighted by molar-refractivity contribution is 5.92. The highest BCUT2D eigenvalue weighted by Gasteiger charge is 2.28. The molecule has 0 aliphatic rings. The zero-order chi connectivity index (χ0) is 28.0. The molecule has 0 aromatic heterocycles. The Labute approximate surface area is 219 Å². The minimum Gasteiger partial charge on any atom is -0.507 e. The van der Waals surface area contributed by atoms with Gasteiger partial charge in [0.25, 0.3) is 0 Å². The number of hydrogen-bond donors (Lipinski definition) is 2. The van der Waals surface area contributed by atoms with E-state index < -0.39 is 5.97 Å². The maximum atomic E-state index is 11.8. The van der Waals surface area contributed by atoms with Crippen molar-refractivity contribution < 1.29 is 15.0 Å². The Morgan fingerprint density at radius 1 is 0.694 bits per heavy atom. The summed E-state index contributed by atoms with van der Waals surface area (Å²) in [6, 6.07) is 8.70. The molecule has 3 heteroatoms. The van der Waals surface area contributed by atoms with Gasteiger partial charge in [0.1, 0.15) is 5.75 Å². The Balaban J connectivity index is 2.99. The predicted molar refractivity (Wildman–Crippen MR) is 153 cm³/mol. The zero-order valence-corrected chi connectivity index (χ0v) is 24.9. The van der Waals surface area contributed by atoms with Gasteiger partial charge in [0.05, 0.1) is 0 Å². The number of carboxylic acid groups (broad SMARTS) is 1. The van der Waals surface area contributed by atoms with Crippen LogP contribution in [0.4, 0.5) is 0 Å². The van der Waals surface area contributed by atoms with Crippen molar-refractivity contribution >= 4 is 12.0 Å². The molecule has 198 valence electrons. The Morgan fingerprint density at radius 3 is 1.50 bits per heavy atom. The van der Waals surface area contributed by atoms with Crippen LogP contribution < -0.4 is 0 Å². The molecule has 0 unspecified atom stereocenters. The quantitative estimate of drug-likeness (QED) is 0.420. The first kappa shape index (κ1) is 29.7. The maximum absolute atomic E-state index is 11.8. The number of aliphatic carboxylic acids is 1. The van der Waals surface area contributed by atoms with Gasteiger partial charge < -0.3 is 10.2 Å². The van der Waals surface area contributed by atoms with Crippen molar-refractivity contribution in [3.05, 3.63) is 68.8 Å². The molecule has 0 radical (unpaired) electrons. The second kappa shape index (κ2) is 9.72. The average Bonchev–Trinajstić information content (AvgIpc) is 2.66. The smallest absolute Gasteiger partial charge is 0.331 e. The van der Waals surface area contributed by atoms with Crippen molar-refractivity contribution in [3.8, 4) is 5.75 Å². The topological polar surface area (TPSA) is 57.5 Å². The van der Waals surface area contributed by atoms with Gasteiger partial charge in [-0.25, -0.2) is 4.79 Å². The van der Waals surface area contributed by atoms with Crippen LogP contribution >= 0.6 is 0 Å². The first-order chi connectivity index (χ1) is 16.0. The largest absolute Gasteiger partial charge is 0.507 e. The number of benzene rings is 2. The average molecular weight is 493 g/mol. The molecule has 0 aliphatic carbocycles. The number of carboxylic acids is 1. The lowest BCUT2D eigenvalue weighted by molar-refractivity contribution is -0.132. The third-order valence-corrected chi connectivity index (χ3v) is 6.88. The molecule has 0 heterocycles. The minimum atomic E-state index is -0.923. The van der Waals surface area contributed by atoms with Crippen LogP contribution in [0.25, 0.3) is 6.08 Å². The number of hydrogen-bond acceptors (Lipinski definition) is 2. The molecular weight excluding hydrogens is 444 g/mol. The first-order valence-electron chi connectivity index (χ1n) is 13.0. The summed E-state index contributed by atoms with van der Waals surface area (Å²) in [7, 11) is 0. The first-order valence-corrected chi connectivity index (χ1v) is 13.0. The predicted octanol–water partition coefficient (Wildman–Crippen LogP) is 8.66. The molecule has 0 fully saturated rings. The van der Waals surface area contributed by atoms with Crippen molar-refractivity contribution in [2.75, 3.05) is 0 Å². The fraction of sp³-hybridized carbons (Fsp3) is 0.545. The molecule has 2 aromatic rings. The number of aromatic hydroxyl groups is 1. The Morgan fingerprint density at radius 2 is 1.11 bits per heavy atom. The van der Waals surface area contributed by atoms with Crippen LogP contribution in [0.5, 0.6) is 5.75 Å². The summed E-state index contributed by atoms with van der Waals surface area (Å²) >= 11 is 0. The van der Waals surface area contributed by atoms with E-state index in [2.05, 4.69) is 107 Å². The van der Waals surface area contributed by atoms with Gasteiger partial charge in [0.15, 0.2) is 0 Å². The van der Waals surface area contributed by atoms with Gasteiger partial charge in [-0.05, 0) is 73.6 Å². The molecular formula is C33H48O3. The highest BCUT2D eigenvalue weighted by Crippen LogP contribution is 2.41. The molecule has 0 saturated carbocycles. The monoisotopic (exact) mass is 492 g/mol. The van der Waals surface area contributed by atoms with Gasteiger partial charge >= 0.3 is 5.97 Å². The second-order valence-corrected chi connectivity index (χ2v) is 14.4. The molecule has 2 rings (SSSR count). The zero-order valence-electron chi connectivity index (χ0n) is 24.9. The van der Waals surface area contributed by atoms with Crippen LogP contribution in [0.3, 0.4) is 0 Å². The SMILES string of the molecule is CC(=Cc1c(Cc2cc(C(C)(C)C)cc(C(C)(C)C)c2O)cc(C(C)(C)C)cc1C(C)(C)C)C(=O)O. The summed E-state index contributed by atoms with van der Waals surface area (Å²) < 4.78 is 0. The third-order valence-electron chi connectivity index (χ3n) is 6.88. The standard InChI is InChI=1S/C33H48O3/c1-20(29(35)36)14-25-21(16-23(30(2,3)4)18-26(25)32(8,9)10)15-22-17-24(31(5,6)7)19-27(28(22)34)33(11,12)13/h14,16-19,34H,15H2,1-13H3,(H,35,36). The van der Waals surface area contributed by atoms with E-state index in [1.54, 1.807) is 13.0 Å². The van der Waals surface area contributed by atoms with Gasteiger partial charge in [0.2, 0.25) is 0 Å². The Kier molecular flexibility index (Phi) is 8.02. The summed E-state index contributed by atoms with van der Waals surface area (Å²) in [5.41, 5.74) is 7.03. The Hall–Kier alpha value is -2.55. The summed E-state index contributed by atoms with van der Waals surface area (Å²) in [6.07, 6.45) is 2.32. The van der Waals surface area contributed by atoms with E-state index in [9.17, 15) is 15.0 Å². The molecule has 36 heavy (non-hydrogen) atoms. The van der Waals surface area contributed by atoms with Crippen LogP contribution in [0, 0.1) is 0 Å². The lowest BCUT2D eigenvalue weighted by atomic mass is 9.75. The molecule has 0 amide bonds. The van der Waals surface area contributed by atoms with Gasteiger partial charge in [0, 0.05) is 12.0 Å². The number of phenols is 1. The van der Waals surface area contributed by atoms with Crippen LogP contribution in [-0.4, -0.2) is 16.2 Å². The van der Waals surface area contributed by atoms with Gasteiger partial charge in [-0.2, -0.15) is 0 Å². The summed E-state index contributed by atoms with van der Waals surface area (Å²) in [5.74, 6) is -0.591. The van der Waals surface area contributed by atoms with E-state index in [-0.39, 0.29) is 21.7 Å². The van der Waals surface area contributed by atoms with Crippen molar-refractivity contribution in [1.29, 1.82) is 0 Å². The van der Waals surface area contributed by atoms with Crippen molar-refractivity contribution in [2.24, 2.45) is 0 Å². The van der Waals surface area contributed by atoms with Crippen molar-refractivity contribution in [1.82, 2.24) is 0 Å². The fourth-order valence-electron chi connectivity index (χ4n) is 4.40. The highest BCUT2D eigenvalue weighted by atomic mass is 16.4. The second-order valence-electron chi connectivity index (χ2n) is 14.4. The molecule has 0 atom stereocenters.